The van der Waals surface area contributed by atoms with E-state index in [2.05, 4.69) is 33.6 Å². The molecule has 6 heteroatoms. The van der Waals surface area contributed by atoms with Crippen molar-refractivity contribution >= 4 is 5.95 Å². The van der Waals surface area contributed by atoms with Gasteiger partial charge in [-0.15, -0.1) is 0 Å². The van der Waals surface area contributed by atoms with E-state index in [9.17, 15) is 0 Å². The summed E-state index contributed by atoms with van der Waals surface area (Å²) >= 11 is 0. The lowest BCUT2D eigenvalue weighted by molar-refractivity contribution is 0.340. The van der Waals surface area contributed by atoms with Gasteiger partial charge in [0.25, 0.3) is 0 Å². The highest BCUT2D eigenvalue weighted by Gasteiger charge is 2.31. The maximum atomic E-state index is 5.58. The largest absolute Gasteiger partial charge is 0.496 e. The average Bonchev–Trinajstić information content (AvgIpc) is 3.17. The van der Waals surface area contributed by atoms with E-state index in [0.717, 1.165) is 29.4 Å². The van der Waals surface area contributed by atoms with Crippen molar-refractivity contribution < 1.29 is 9.47 Å². The molecule has 4 rings (SSSR count). The summed E-state index contributed by atoms with van der Waals surface area (Å²) in [6.07, 6.45) is 2.44. The summed E-state index contributed by atoms with van der Waals surface area (Å²) in [6, 6.07) is 16.5. The number of hydrogen-bond acceptors (Lipinski definition) is 5. The molecule has 0 saturated carbocycles. The zero-order valence-corrected chi connectivity index (χ0v) is 14.9. The van der Waals surface area contributed by atoms with E-state index in [1.165, 1.54) is 5.56 Å². The molecule has 0 spiro atoms. The molecule has 1 aliphatic heterocycles. The summed E-state index contributed by atoms with van der Waals surface area (Å²) in [4.78, 5) is 4.39. The van der Waals surface area contributed by atoms with E-state index >= 15 is 0 Å². The Kier molecular flexibility index (Phi) is 4.48. The quantitative estimate of drug-likeness (QED) is 0.758. The lowest BCUT2D eigenvalue weighted by Crippen LogP contribution is -2.28. The van der Waals surface area contributed by atoms with Crippen LogP contribution in [0, 0.1) is 0 Å². The molecule has 1 aliphatic rings. The van der Waals surface area contributed by atoms with Crippen molar-refractivity contribution in [2.75, 3.05) is 19.0 Å². The van der Waals surface area contributed by atoms with Crippen molar-refractivity contribution in [1.29, 1.82) is 0 Å². The van der Waals surface area contributed by atoms with E-state index in [1.807, 2.05) is 41.9 Å². The number of hydrogen-bond donors (Lipinski definition) is 1. The predicted octanol–water partition coefficient (Wildman–Crippen LogP) is 3.83. The molecule has 0 saturated heterocycles. The average molecular weight is 350 g/mol. The summed E-state index contributed by atoms with van der Waals surface area (Å²) in [5.74, 6) is 2.52. The minimum absolute atomic E-state index is 0.0569. The van der Waals surface area contributed by atoms with Crippen molar-refractivity contribution in [3.63, 3.8) is 0 Å². The summed E-state index contributed by atoms with van der Waals surface area (Å²) < 4.78 is 13.1. The zero-order valence-electron chi connectivity index (χ0n) is 14.9. The Balaban J connectivity index is 1.68. The molecule has 0 fully saturated rings. The third-order valence-electron chi connectivity index (χ3n) is 4.72. The van der Waals surface area contributed by atoms with Gasteiger partial charge in [0.15, 0.2) is 0 Å². The van der Waals surface area contributed by atoms with E-state index in [1.54, 1.807) is 13.4 Å². The van der Waals surface area contributed by atoms with E-state index in [4.69, 9.17) is 9.47 Å². The summed E-state index contributed by atoms with van der Waals surface area (Å²) in [5, 5.41) is 7.91. The van der Waals surface area contributed by atoms with Crippen molar-refractivity contribution in [3.8, 4) is 11.5 Å². The van der Waals surface area contributed by atoms with Gasteiger partial charge in [-0.25, -0.2) is 4.68 Å². The van der Waals surface area contributed by atoms with Crippen LogP contribution < -0.4 is 14.8 Å². The smallest absolute Gasteiger partial charge is 0.222 e. The third kappa shape index (κ3) is 2.98. The summed E-state index contributed by atoms with van der Waals surface area (Å²) in [5.41, 5.74) is 2.31. The highest BCUT2D eigenvalue weighted by molar-refractivity contribution is 5.43. The Morgan fingerprint density at radius 2 is 1.96 bits per heavy atom. The molecule has 0 aliphatic carbocycles. The van der Waals surface area contributed by atoms with Crippen LogP contribution in [-0.4, -0.2) is 28.5 Å². The van der Waals surface area contributed by atoms with Crippen molar-refractivity contribution in [2.24, 2.45) is 0 Å². The minimum atomic E-state index is 0.0569. The molecular weight excluding hydrogens is 328 g/mol. The lowest BCUT2D eigenvalue weighted by Gasteiger charge is -2.32. The van der Waals surface area contributed by atoms with Gasteiger partial charge in [-0.05, 0) is 37.1 Å². The number of anilines is 1. The first-order valence-electron chi connectivity index (χ1n) is 8.82. The highest BCUT2D eigenvalue weighted by Crippen LogP contribution is 2.40. The second-order valence-corrected chi connectivity index (χ2v) is 6.22. The number of methoxy groups -OCH3 is 1. The molecule has 1 N–H and O–H groups in total. The van der Waals surface area contributed by atoms with Crippen molar-refractivity contribution in [1.82, 2.24) is 14.8 Å². The highest BCUT2D eigenvalue weighted by atomic mass is 16.5. The fourth-order valence-corrected chi connectivity index (χ4v) is 3.50. The van der Waals surface area contributed by atoms with Gasteiger partial charge in [0.05, 0.1) is 25.8 Å². The Labute approximate surface area is 152 Å². The minimum Gasteiger partial charge on any atom is -0.496 e. The normalized spacial score (nSPS) is 18.7. The maximum Gasteiger partial charge on any atom is 0.222 e. The van der Waals surface area contributed by atoms with Crippen LogP contribution in [0.4, 0.5) is 5.95 Å². The number of para-hydroxylation sites is 1. The molecule has 2 aromatic carbocycles. The fraction of sp³-hybridized carbons (Fsp3) is 0.300. The molecule has 2 atom stereocenters. The lowest BCUT2D eigenvalue weighted by atomic mass is 9.93. The molecule has 1 aromatic heterocycles. The summed E-state index contributed by atoms with van der Waals surface area (Å²) in [6.45, 7) is 2.65. The van der Waals surface area contributed by atoms with Crippen LogP contribution >= 0.6 is 0 Å². The zero-order chi connectivity index (χ0) is 17.9. The predicted molar refractivity (Wildman–Crippen MR) is 99.7 cm³/mol. The van der Waals surface area contributed by atoms with E-state index in [-0.39, 0.29) is 12.1 Å². The molecule has 0 bridgehead atoms. The van der Waals surface area contributed by atoms with Gasteiger partial charge in [0, 0.05) is 5.56 Å². The fourth-order valence-electron chi connectivity index (χ4n) is 3.50. The first-order chi connectivity index (χ1) is 12.8. The molecule has 134 valence electrons. The van der Waals surface area contributed by atoms with E-state index < -0.39 is 0 Å². The summed E-state index contributed by atoms with van der Waals surface area (Å²) in [7, 11) is 1.70. The molecule has 0 radical (unpaired) electrons. The number of benzene rings is 2. The van der Waals surface area contributed by atoms with Crippen LogP contribution in [0.25, 0.3) is 0 Å². The molecule has 6 nitrogen and oxygen atoms in total. The van der Waals surface area contributed by atoms with Crippen LogP contribution in [0.3, 0.4) is 0 Å². The first kappa shape index (κ1) is 16.4. The van der Waals surface area contributed by atoms with Crippen molar-refractivity contribution in [2.45, 2.75) is 25.4 Å². The van der Waals surface area contributed by atoms with Gasteiger partial charge in [-0.3, -0.25) is 0 Å². The van der Waals surface area contributed by atoms with Crippen LogP contribution in [0.1, 0.15) is 36.6 Å². The third-order valence-corrected chi connectivity index (χ3v) is 4.72. The first-order valence-corrected chi connectivity index (χ1v) is 8.82. The maximum absolute atomic E-state index is 5.58. The van der Waals surface area contributed by atoms with Crippen LogP contribution in [0.2, 0.25) is 0 Å². The Morgan fingerprint density at radius 1 is 1.15 bits per heavy atom. The Morgan fingerprint density at radius 3 is 2.73 bits per heavy atom. The number of rotatable bonds is 5. The topological polar surface area (TPSA) is 61.2 Å². The number of ether oxygens (including phenoxy) is 2. The van der Waals surface area contributed by atoms with Gasteiger partial charge in [0.1, 0.15) is 17.8 Å². The second-order valence-electron chi connectivity index (χ2n) is 6.22. The van der Waals surface area contributed by atoms with Crippen LogP contribution in [0.15, 0.2) is 54.9 Å². The van der Waals surface area contributed by atoms with Gasteiger partial charge in [-0.1, -0.05) is 30.3 Å². The Bertz CT molecular complexity index is 876. The van der Waals surface area contributed by atoms with Gasteiger partial charge in [0.2, 0.25) is 5.95 Å². The second kappa shape index (κ2) is 7.07. The molecule has 2 unspecified atom stereocenters. The number of fused-ring (bicyclic) bond motifs is 1. The number of nitrogens with one attached hydrogen (secondary N) is 1. The molecule has 0 amide bonds. The molecule has 2 heterocycles. The van der Waals surface area contributed by atoms with Crippen molar-refractivity contribution in [3.05, 3.63) is 66.0 Å². The van der Waals surface area contributed by atoms with Gasteiger partial charge >= 0.3 is 0 Å². The van der Waals surface area contributed by atoms with Gasteiger partial charge < -0.3 is 14.8 Å². The molecule has 26 heavy (non-hydrogen) atoms. The van der Waals surface area contributed by atoms with Crippen LogP contribution in [-0.2, 0) is 0 Å². The number of aromatic nitrogens is 3. The van der Waals surface area contributed by atoms with Crippen LogP contribution in [0.5, 0.6) is 11.5 Å². The SMILES string of the molecule is CCOc1ccc(C2CC(c3ccccc3OC)n3ncnc3N2)cc1. The van der Waals surface area contributed by atoms with Gasteiger partial charge in [-0.2, -0.15) is 10.1 Å². The standard InChI is InChI=1S/C20H22N4O2/c1-3-26-15-10-8-14(9-11-15)17-12-18(24-20(23-17)21-13-22-24)16-6-4-5-7-19(16)25-2/h4-11,13,17-18H,3,12H2,1-2H3,(H,21,22,23). The molecular formula is C20H22N4O2. The monoisotopic (exact) mass is 350 g/mol. The molecule has 3 aromatic rings. The number of nitrogens with zero attached hydrogens (tertiary/aromatic N) is 3. The van der Waals surface area contributed by atoms with E-state index in [0.29, 0.717) is 6.61 Å². The Hall–Kier alpha value is -3.02.